The van der Waals surface area contributed by atoms with Crippen molar-refractivity contribution in [3.05, 3.63) is 23.0 Å². The third kappa shape index (κ3) is 4.76. The van der Waals surface area contributed by atoms with Gasteiger partial charge in [-0.2, -0.15) is 13.2 Å². The van der Waals surface area contributed by atoms with Crippen LogP contribution in [0.15, 0.2) is 6.20 Å². The van der Waals surface area contributed by atoms with E-state index in [1.54, 1.807) is 0 Å². The molecule has 0 aliphatic rings. The second kappa shape index (κ2) is 6.08. The number of carbonyl (C=O) groups is 1. The van der Waals surface area contributed by atoms with Crippen LogP contribution in [-0.4, -0.2) is 22.4 Å². The van der Waals surface area contributed by atoms with E-state index in [1.165, 1.54) is 0 Å². The fraction of sp³-hybridized carbons (Fsp3) is 0.400. The van der Waals surface area contributed by atoms with Crippen molar-refractivity contribution in [1.29, 1.82) is 0 Å². The standard InChI is InChI=1S/C10H6BrF6NO3/c11-2-4-5(9(12,13)14)3-18-6(1-7(19)20)8(4)21-10(15,16)17/h3H,1-2H2,(H,19,20). The minimum absolute atomic E-state index is 0.276. The Labute approximate surface area is 121 Å². The Morgan fingerprint density at radius 3 is 2.24 bits per heavy atom. The van der Waals surface area contributed by atoms with E-state index in [0.717, 1.165) is 0 Å². The predicted octanol–water partition coefficient (Wildman–Crippen LogP) is 3.52. The average molecular weight is 382 g/mol. The first-order valence-corrected chi connectivity index (χ1v) is 6.19. The molecule has 0 radical (unpaired) electrons. The van der Waals surface area contributed by atoms with E-state index in [9.17, 15) is 31.1 Å². The number of alkyl halides is 7. The van der Waals surface area contributed by atoms with Gasteiger partial charge in [0.05, 0.1) is 17.7 Å². The van der Waals surface area contributed by atoms with E-state index in [2.05, 4.69) is 25.7 Å². The van der Waals surface area contributed by atoms with Gasteiger partial charge < -0.3 is 9.84 Å². The van der Waals surface area contributed by atoms with Gasteiger partial charge in [0.1, 0.15) is 0 Å². The monoisotopic (exact) mass is 381 g/mol. The zero-order valence-corrected chi connectivity index (χ0v) is 11.4. The Morgan fingerprint density at radius 2 is 1.86 bits per heavy atom. The van der Waals surface area contributed by atoms with Gasteiger partial charge >= 0.3 is 18.5 Å². The van der Waals surface area contributed by atoms with Crippen LogP contribution in [0.2, 0.25) is 0 Å². The molecular formula is C10H6BrF6NO3. The van der Waals surface area contributed by atoms with Gasteiger partial charge in [-0.25, -0.2) is 0 Å². The molecule has 4 nitrogen and oxygen atoms in total. The van der Waals surface area contributed by atoms with Gasteiger partial charge in [0.2, 0.25) is 0 Å². The molecule has 1 aromatic heterocycles. The first-order valence-electron chi connectivity index (χ1n) is 5.07. The molecule has 1 N–H and O–H groups in total. The Bertz CT molecular complexity index is 543. The lowest BCUT2D eigenvalue weighted by atomic mass is 10.1. The van der Waals surface area contributed by atoms with Crippen molar-refractivity contribution in [2.45, 2.75) is 24.3 Å². The lowest BCUT2D eigenvalue weighted by Crippen LogP contribution is -2.22. The highest BCUT2D eigenvalue weighted by Crippen LogP contribution is 2.40. The molecule has 0 spiro atoms. The van der Waals surface area contributed by atoms with Crippen molar-refractivity contribution >= 4 is 21.9 Å². The lowest BCUT2D eigenvalue weighted by Gasteiger charge is -2.19. The highest BCUT2D eigenvalue weighted by atomic mass is 79.9. The van der Waals surface area contributed by atoms with E-state index in [4.69, 9.17) is 5.11 Å². The van der Waals surface area contributed by atoms with Crippen molar-refractivity contribution in [2.24, 2.45) is 0 Å². The van der Waals surface area contributed by atoms with Crippen LogP contribution in [0, 0.1) is 0 Å². The number of aliphatic carboxylic acids is 1. The van der Waals surface area contributed by atoms with E-state index < -0.39 is 52.8 Å². The molecule has 0 saturated carbocycles. The number of hydrogen-bond acceptors (Lipinski definition) is 3. The number of aromatic nitrogens is 1. The van der Waals surface area contributed by atoms with Crippen LogP contribution in [0.4, 0.5) is 26.3 Å². The highest BCUT2D eigenvalue weighted by Gasteiger charge is 2.39. The maximum absolute atomic E-state index is 12.7. The molecule has 0 aliphatic carbocycles. The fourth-order valence-corrected chi connectivity index (χ4v) is 2.01. The summed E-state index contributed by atoms with van der Waals surface area (Å²) in [7, 11) is 0. The predicted molar refractivity (Wildman–Crippen MR) is 59.9 cm³/mol. The van der Waals surface area contributed by atoms with Crippen LogP contribution in [0.5, 0.6) is 5.75 Å². The van der Waals surface area contributed by atoms with E-state index in [0.29, 0.717) is 0 Å². The van der Waals surface area contributed by atoms with Gasteiger partial charge in [-0.3, -0.25) is 9.78 Å². The van der Waals surface area contributed by atoms with Crippen molar-refractivity contribution in [3.63, 3.8) is 0 Å². The second-order valence-corrected chi connectivity index (χ2v) is 4.24. The smallest absolute Gasteiger partial charge is 0.481 e. The average Bonchev–Trinajstić information content (AvgIpc) is 2.26. The normalized spacial score (nSPS) is 12.3. The minimum Gasteiger partial charge on any atom is -0.481 e. The first kappa shape index (κ1) is 17.5. The summed E-state index contributed by atoms with van der Waals surface area (Å²) in [5.74, 6) is -2.81. The molecule has 0 aliphatic heterocycles. The Hall–Kier alpha value is -1.52. The molecule has 1 heterocycles. The molecular weight excluding hydrogens is 376 g/mol. The summed E-state index contributed by atoms with van der Waals surface area (Å²) in [5, 5.41) is 7.95. The number of ether oxygens (including phenoxy) is 1. The van der Waals surface area contributed by atoms with E-state index in [-0.39, 0.29) is 6.20 Å². The van der Waals surface area contributed by atoms with Crippen LogP contribution < -0.4 is 4.74 Å². The zero-order chi connectivity index (χ0) is 16.4. The number of pyridine rings is 1. The van der Waals surface area contributed by atoms with Gasteiger partial charge in [0, 0.05) is 17.1 Å². The molecule has 0 aromatic carbocycles. The van der Waals surface area contributed by atoms with Crippen LogP contribution in [0.3, 0.4) is 0 Å². The number of carboxylic acids is 1. The zero-order valence-electron chi connectivity index (χ0n) is 9.85. The molecule has 21 heavy (non-hydrogen) atoms. The van der Waals surface area contributed by atoms with Gasteiger partial charge in [0.15, 0.2) is 5.75 Å². The molecule has 0 bridgehead atoms. The number of hydrogen-bond donors (Lipinski definition) is 1. The molecule has 11 heteroatoms. The minimum atomic E-state index is -5.28. The molecule has 0 amide bonds. The van der Waals surface area contributed by atoms with Crippen molar-refractivity contribution in [1.82, 2.24) is 4.98 Å². The highest BCUT2D eigenvalue weighted by molar-refractivity contribution is 9.08. The SMILES string of the molecule is O=C(O)Cc1ncc(C(F)(F)F)c(CBr)c1OC(F)(F)F. The molecule has 1 rings (SSSR count). The number of halogens is 7. The third-order valence-electron chi connectivity index (χ3n) is 2.19. The maximum Gasteiger partial charge on any atom is 0.573 e. The Balaban J connectivity index is 3.52. The van der Waals surface area contributed by atoms with E-state index in [1.807, 2.05) is 0 Å². The van der Waals surface area contributed by atoms with Crippen LogP contribution in [0.1, 0.15) is 16.8 Å². The number of rotatable bonds is 4. The third-order valence-corrected chi connectivity index (χ3v) is 2.75. The van der Waals surface area contributed by atoms with Crippen LogP contribution >= 0.6 is 15.9 Å². The van der Waals surface area contributed by atoms with Gasteiger partial charge in [-0.1, -0.05) is 15.9 Å². The van der Waals surface area contributed by atoms with Gasteiger partial charge in [0.25, 0.3) is 0 Å². The topological polar surface area (TPSA) is 59.4 Å². The first-order chi connectivity index (χ1) is 9.45. The summed E-state index contributed by atoms with van der Waals surface area (Å²) >= 11 is 2.64. The van der Waals surface area contributed by atoms with Crippen molar-refractivity contribution in [2.75, 3.05) is 0 Å². The number of carboxylic acid groups (broad SMARTS) is 1. The lowest BCUT2D eigenvalue weighted by molar-refractivity contribution is -0.275. The molecule has 0 fully saturated rings. The van der Waals surface area contributed by atoms with Crippen LogP contribution in [-0.2, 0) is 22.7 Å². The quantitative estimate of drug-likeness (QED) is 0.640. The summed E-state index contributed by atoms with van der Waals surface area (Å²) in [6, 6.07) is 0. The van der Waals surface area contributed by atoms with Crippen LogP contribution in [0.25, 0.3) is 0 Å². The maximum atomic E-state index is 12.7. The summed E-state index contributed by atoms with van der Waals surface area (Å²) in [6.45, 7) is 0. The molecule has 118 valence electrons. The molecule has 0 saturated heterocycles. The molecule has 0 atom stereocenters. The number of nitrogens with zero attached hydrogens (tertiary/aromatic N) is 1. The molecule has 0 unspecified atom stereocenters. The van der Waals surface area contributed by atoms with Crippen molar-refractivity contribution < 1.29 is 41.0 Å². The largest absolute Gasteiger partial charge is 0.573 e. The van der Waals surface area contributed by atoms with Gasteiger partial charge in [-0.05, 0) is 0 Å². The van der Waals surface area contributed by atoms with Gasteiger partial charge in [-0.15, -0.1) is 13.2 Å². The Kier molecular flexibility index (Phi) is 5.07. The second-order valence-electron chi connectivity index (χ2n) is 3.68. The van der Waals surface area contributed by atoms with E-state index >= 15 is 0 Å². The molecule has 1 aromatic rings. The summed E-state index contributed by atoms with van der Waals surface area (Å²) in [6.07, 6.45) is -11.0. The fourth-order valence-electron chi connectivity index (χ4n) is 1.46. The Morgan fingerprint density at radius 1 is 1.29 bits per heavy atom. The summed E-state index contributed by atoms with van der Waals surface area (Å²) in [4.78, 5) is 13.7. The summed E-state index contributed by atoms with van der Waals surface area (Å²) in [5.41, 5.74) is -3.05. The van der Waals surface area contributed by atoms with Crippen molar-refractivity contribution in [3.8, 4) is 5.75 Å². The summed E-state index contributed by atoms with van der Waals surface area (Å²) < 4.78 is 78.6.